The Morgan fingerprint density at radius 1 is 1.33 bits per heavy atom. The summed E-state index contributed by atoms with van der Waals surface area (Å²) in [5.41, 5.74) is 1.19. The topological polar surface area (TPSA) is 84.4 Å². The van der Waals surface area contributed by atoms with Crippen LogP contribution in [0, 0.1) is 0 Å². The number of nitrogens with one attached hydrogen (secondary N) is 2. The summed E-state index contributed by atoms with van der Waals surface area (Å²) < 4.78 is 16.4. The van der Waals surface area contributed by atoms with E-state index in [1.807, 2.05) is 31.2 Å². The Hall–Kier alpha value is -1.59. The highest BCUT2D eigenvalue weighted by molar-refractivity contribution is 14.0. The number of guanidine groups is 1. The third-order valence-electron chi connectivity index (χ3n) is 4.59. The van der Waals surface area contributed by atoms with Gasteiger partial charge < -0.3 is 29.7 Å². The molecule has 0 radical (unpaired) electrons. The number of carbonyl (C=O) groups excluding carboxylic acids is 1. The SMILES string of the molecule is COc1ccc(CCNC(=NCC(=O)N(C)C)NC(C)COC2CCOC2)cc1.I. The number of rotatable bonds is 10. The smallest absolute Gasteiger partial charge is 0.243 e. The highest BCUT2D eigenvalue weighted by atomic mass is 127. The number of nitrogens with zero attached hydrogens (tertiary/aromatic N) is 2. The zero-order chi connectivity index (χ0) is 21.1. The monoisotopic (exact) mass is 534 g/mol. The van der Waals surface area contributed by atoms with Gasteiger partial charge in [0.05, 0.1) is 26.4 Å². The number of methoxy groups -OCH3 is 1. The molecule has 170 valence electrons. The van der Waals surface area contributed by atoms with Crippen LogP contribution >= 0.6 is 24.0 Å². The molecule has 0 spiro atoms. The molecule has 1 heterocycles. The first-order valence-corrected chi connectivity index (χ1v) is 10.0. The van der Waals surface area contributed by atoms with Crippen molar-refractivity contribution in [1.82, 2.24) is 15.5 Å². The largest absolute Gasteiger partial charge is 0.497 e. The van der Waals surface area contributed by atoms with Crippen LogP contribution in [0.15, 0.2) is 29.3 Å². The van der Waals surface area contributed by atoms with E-state index in [2.05, 4.69) is 15.6 Å². The Kier molecular flexibility index (Phi) is 12.7. The van der Waals surface area contributed by atoms with Gasteiger partial charge in [0.15, 0.2) is 5.96 Å². The van der Waals surface area contributed by atoms with Crippen molar-refractivity contribution in [2.75, 3.05) is 54.1 Å². The van der Waals surface area contributed by atoms with Gasteiger partial charge in [-0.15, -0.1) is 24.0 Å². The average Bonchev–Trinajstić information content (AvgIpc) is 3.24. The third-order valence-corrected chi connectivity index (χ3v) is 4.59. The molecule has 0 saturated carbocycles. The number of carbonyl (C=O) groups is 1. The van der Waals surface area contributed by atoms with Crippen molar-refractivity contribution in [1.29, 1.82) is 0 Å². The molecule has 1 saturated heterocycles. The zero-order valence-corrected chi connectivity index (χ0v) is 20.7. The second-order valence-electron chi connectivity index (χ2n) is 7.34. The lowest BCUT2D eigenvalue weighted by atomic mass is 10.1. The number of ether oxygens (including phenoxy) is 3. The fraction of sp³-hybridized carbons (Fsp3) is 0.619. The van der Waals surface area contributed by atoms with E-state index in [-0.39, 0.29) is 48.6 Å². The number of hydrogen-bond donors (Lipinski definition) is 2. The Morgan fingerprint density at radius 3 is 2.67 bits per heavy atom. The molecular weight excluding hydrogens is 499 g/mol. The lowest BCUT2D eigenvalue weighted by Crippen LogP contribution is -2.45. The molecule has 9 heteroatoms. The second kappa shape index (κ2) is 14.4. The van der Waals surface area contributed by atoms with Crippen molar-refractivity contribution in [3.63, 3.8) is 0 Å². The van der Waals surface area contributed by atoms with Gasteiger partial charge in [0.25, 0.3) is 0 Å². The normalized spacial score (nSPS) is 17.1. The van der Waals surface area contributed by atoms with E-state index in [4.69, 9.17) is 14.2 Å². The first-order chi connectivity index (χ1) is 14.0. The first-order valence-electron chi connectivity index (χ1n) is 10.0. The summed E-state index contributed by atoms with van der Waals surface area (Å²) in [6.07, 6.45) is 1.93. The molecule has 1 aliphatic heterocycles. The van der Waals surface area contributed by atoms with Gasteiger partial charge >= 0.3 is 0 Å². The van der Waals surface area contributed by atoms with Crippen molar-refractivity contribution in [2.45, 2.75) is 31.9 Å². The molecule has 8 nitrogen and oxygen atoms in total. The lowest BCUT2D eigenvalue weighted by Gasteiger charge is -2.20. The molecule has 0 aromatic heterocycles. The molecule has 1 aliphatic rings. The Balaban J connectivity index is 0.00000450. The van der Waals surface area contributed by atoms with E-state index in [9.17, 15) is 4.79 Å². The summed E-state index contributed by atoms with van der Waals surface area (Å²) >= 11 is 0. The molecule has 1 amide bonds. The zero-order valence-electron chi connectivity index (χ0n) is 18.3. The molecule has 2 N–H and O–H groups in total. The van der Waals surface area contributed by atoms with Crippen LogP contribution in [0.5, 0.6) is 5.75 Å². The van der Waals surface area contributed by atoms with E-state index >= 15 is 0 Å². The fourth-order valence-corrected chi connectivity index (χ4v) is 2.76. The minimum absolute atomic E-state index is 0. The van der Waals surface area contributed by atoms with Crippen LogP contribution in [0.1, 0.15) is 18.9 Å². The highest BCUT2D eigenvalue weighted by Crippen LogP contribution is 2.11. The third kappa shape index (κ3) is 9.94. The maximum atomic E-state index is 11.9. The predicted octanol–water partition coefficient (Wildman–Crippen LogP) is 1.67. The van der Waals surface area contributed by atoms with E-state index in [1.54, 1.807) is 21.2 Å². The quantitative estimate of drug-likeness (QED) is 0.270. The minimum atomic E-state index is -0.0479. The van der Waals surface area contributed by atoms with Crippen LogP contribution in [-0.2, 0) is 20.7 Å². The minimum Gasteiger partial charge on any atom is -0.497 e. The van der Waals surface area contributed by atoms with E-state index < -0.39 is 0 Å². The Morgan fingerprint density at radius 2 is 2.07 bits per heavy atom. The lowest BCUT2D eigenvalue weighted by molar-refractivity contribution is -0.127. The van der Waals surface area contributed by atoms with Gasteiger partial charge in [-0.05, 0) is 37.5 Å². The molecule has 2 atom stereocenters. The molecular formula is C21H35IN4O4. The second-order valence-corrected chi connectivity index (χ2v) is 7.34. The average molecular weight is 534 g/mol. The van der Waals surface area contributed by atoms with Gasteiger partial charge in [0.2, 0.25) is 5.91 Å². The molecule has 0 aliphatic carbocycles. The van der Waals surface area contributed by atoms with Crippen LogP contribution in [-0.4, -0.2) is 83.0 Å². The Labute approximate surface area is 196 Å². The van der Waals surface area contributed by atoms with Gasteiger partial charge in [-0.2, -0.15) is 0 Å². The maximum Gasteiger partial charge on any atom is 0.243 e. The number of hydrogen-bond acceptors (Lipinski definition) is 5. The molecule has 2 unspecified atom stereocenters. The Bertz CT molecular complexity index is 649. The van der Waals surface area contributed by atoms with E-state index in [1.165, 1.54) is 10.5 Å². The molecule has 2 rings (SSSR count). The standard InChI is InChI=1S/C21H34N4O4.HI/c1-16(14-29-19-10-12-28-15-19)24-21(23-13-20(26)25(2)3)22-11-9-17-5-7-18(27-4)8-6-17;/h5-8,16,19H,9-15H2,1-4H3,(H2,22,23,24);1H. The van der Waals surface area contributed by atoms with Crippen molar-refractivity contribution in [2.24, 2.45) is 4.99 Å². The van der Waals surface area contributed by atoms with Crippen LogP contribution in [0.4, 0.5) is 0 Å². The number of halogens is 1. The van der Waals surface area contributed by atoms with Crippen molar-refractivity contribution >= 4 is 35.8 Å². The van der Waals surface area contributed by atoms with E-state index in [0.717, 1.165) is 25.2 Å². The van der Waals surface area contributed by atoms with Crippen LogP contribution in [0.25, 0.3) is 0 Å². The van der Waals surface area contributed by atoms with Gasteiger partial charge in [-0.25, -0.2) is 4.99 Å². The van der Waals surface area contributed by atoms with Crippen LogP contribution < -0.4 is 15.4 Å². The maximum absolute atomic E-state index is 11.9. The molecule has 1 aromatic carbocycles. The van der Waals surface area contributed by atoms with Crippen LogP contribution in [0.3, 0.4) is 0 Å². The highest BCUT2D eigenvalue weighted by Gasteiger charge is 2.17. The number of amides is 1. The van der Waals surface area contributed by atoms with E-state index in [0.29, 0.717) is 25.7 Å². The molecule has 1 fully saturated rings. The van der Waals surface area contributed by atoms with Crippen molar-refractivity contribution < 1.29 is 19.0 Å². The van der Waals surface area contributed by atoms with Gasteiger partial charge in [-0.1, -0.05) is 12.1 Å². The summed E-state index contributed by atoms with van der Waals surface area (Å²) in [6, 6.07) is 8.04. The van der Waals surface area contributed by atoms with Crippen molar-refractivity contribution in [3.05, 3.63) is 29.8 Å². The summed E-state index contributed by atoms with van der Waals surface area (Å²) in [4.78, 5) is 17.9. The predicted molar refractivity (Wildman–Crippen MR) is 129 cm³/mol. The number of aliphatic imine (C=N–C) groups is 1. The summed E-state index contributed by atoms with van der Waals surface area (Å²) in [5, 5.41) is 6.63. The van der Waals surface area contributed by atoms with Gasteiger partial charge in [-0.3, -0.25) is 4.79 Å². The number of likely N-dealkylation sites (N-methyl/N-ethyl adjacent to an activating group) is 1. The summed E-state index contributed by atoms with van der Waals surface area (Å²) in [6.45, 7) is 4.79. The van der Waals surface area contributed by atoms with Gasteiger partial charge in [0, 0.05) is 33.3 Å². The molecule has 1 aromatic rings. The molecule has 30 heavy (non-hydrogen) atoms. The summed E-state index contributed by atoms with van der Waals surface area (Å²) in [5.74, 6) is 1.40. The first kappa shape index (κ1) is 26.4. The van der Waals surface area contributed by atoms with Crippen LogP contribution in [0.2, 0.25) is 0 Å². The fourth-order valence-electron chi connectivity index (χ4n) is 2.76. The van der Waals surface area contributed by atoms with Gasteiger partial charge in [0.1, 0.15) is 12.3 Å². The molecule has 0 bridgehead atoms. The number of benzene rings is 1. The summed E-state index contributed by atoms with van der Waals surface area (Å²) in [7, 11) is 5.11. The van der Waals surface area contributed by atoms with Crippen molar-refractivity contribution in [3.8, 4) is 5.75 Å².